The van der Waals surface area contributed by atoms with Crippen LogP contribution in [0, 0.1) is 5.92 Å². The summed E-state index contributed by atoms with van der Waals surface area (Å²) in [5, 5.41) is 3.79. The molecule has 0 aromatic carbocycles. The van der Waals surface area contributed by atoms with Gasteiger partial charge < -0.3 is 15.0 Å². The minimum atomic E-state index is -4.25. The molecule has 0 aliphatic carbocycles. The Hall–Kier alpha value is -0.630. The van der Waals surface area contributed by atoms with E-state index in [-0.39, 0.29) is 6.61 Å². The molecule has 8 heteroatoms. The fourth-order valence-electron chi connectivity index (χ4n) is 2.17. The third kappa shape index (κ3) is 7.58. The summed E-state index contributed by atoms with van der Waals surface area (Å²) in [6.07, 6.45) is -3.73. The molecule has 0 saturated carbocycles. The van der Waals surface area contributed by atoms with Gasteiger partial charge in [0.05, 0.1) is 0 Å². The fraction of sp³-hybridized carbons (Fsp3) is 0.929. The van der Waals surface area contributed by atoms with E-state index in [0.29, 0.717) is 24.1 Å². The predicted molar refractivity (Wildman–Crippen MR) is 85.5 cm³/mol. The second-order valence-corrected chi connectivity index (χ2v) is 6.94. The average Bonchev–Trinajstić information content (AvgIpc) is 2.45. The van der Waals surface area contributed by atoms with E-state index in [2.05, 4.69) is 33.8 Å². The van der Waals surface area contributed by atoms with Crippen molar-refractivity contribution in [2.75, 3.05) is 45.6 Å². The monoisotopic (exact) mass is 341 g/mol. The van der Waals surface area contributed by atoms with E-state index in [1.54, 1.807) is 7.05 Å². The van der Waals surface area contributed by atoms with E-state index in [9.17, 15) is 13.2 Å². The van der Waals surface area contributed by atoms with E-state index >= 15 is 0 Å². The van der Waals surface area contributed by atoms with Crippen molar-refractivity contribution in [3.8, 4) is 0 Å². The van der Waals surface area contributed by atoms with Gasteiger partial charge in [0, 0.05) is 44.3 Å². The topological polar surface area (TPSA) is 36.9 Å². The maximum absolute atomic E-state index is 11.9. The molecule has 1 rings (SSSR count). The van der Waals surface area contributed by atoms with Crippen LogP contribution >= 0.6 is 11.8 Å². The molecule has 1 saturated heterocycles. The van der Waals surface area contributed by atoms with Crippen molar-refractivity contribution in [1.29, 1.82) is 0 Å². The van der Waals surface area contributed by atoms with Crippen LogP contribution in [0.5, 0.6) is 0 Å². The van der Waals surface area contributed by atoms with E-state index in [4.69, 9.17) is 0 Å². The van der Waals surface area contributed by atoms with Gasteiger partial charge in [0.1, 0.15) is 6.61 Å². The summed E-state index contributed by atoms with van der Waals surface area (Å²) in [6.45, 7) is 5.80. The van der Waals surface area contributed by atoms with Gasteiger partial charge in [-0.2, -0.15) is 24.9 Å². The normalized spacial score (nSPS) is 20.6. The lowest BCUT2D eigenvalue weighted by atomic mass is 10.1. The Morgan fingerprint density at radius 3 is 2.77 bits per heavy atom. The van der Waals surface area contributed by atoms with E-state index < -0.39 is 12.8 Å². The highest BCUT2D eigenvalue weighted by Gasteiger charge is 2.27. The van der Waals surface area contributed by atoms with Gasteiger partial charge >= 0.3 is 6.18 Å². The third-order valence-electron chi connectivity index (χ3n) is 3.36. The van der Waals surface area contributed by atoms with Crippen LogP contribution in [0.3, 0.4) is 0 Å². The molecule has 22 heavy (non-hydrogen) atoms. The van der Waals surface area contributed by atoms with Gasteiger partial charge in [0.2, 0.25) is 0 Å². The second kappa shape index (κ2) is 9.50. The highest BCUT2D eigenvalue weighted by molar-refractivity contribution is 8.00. The number of alkyl halides is 3. The number of nitrogens with zero attached hydrogens (tertiary/aromatic N) is 2. The first-order valence-electron chi connectivity index (χ1n) is 7.55. The van der Waals surface area contributed by atoms with Gasteiger partial charge in [-0.25, -0.2) is 0 Å². The first kappa shape index (κ1) is 19.4. The van der Waals surface area contributed by atoms with Crippen LogP contribution in [0.15, 0.2) is 4.99 Å². The van der Waals surface area contributed by atoms with Crippen LogP contribution in [0.25, 0.3) is 0 Å². The van der Waals surface area contributed by atoms with Gasteiger partial charge in [-0.3, -0.25) is 4.99 Å². The molecule has 0 aromatic heterocycles. The molecule has 1 unspecified atom stereocenters. The van der Waals surface area contributed by atoms with Crippen molar-refractivity contribution in [2.24, 2.45) is 10.9 Å². The molecule has 0 radical (unpaired) electrons. The zero-order chi connectivity index (χ0) is 16.6. The summed E-state index contributed by atoms with van der Waals surface area (Å²) in [7, 11) is 1.73. The number of halogens is 3. The van der Waals surface area contributed by atoms with Gasteiger partial charge in [0.25, 0.3) is 0 Å². The maximum Gasteiger partial charge on any atom is 0.411 e. The number of aliphatic imine (C=N–C) groups is 1. The van der Waals surface area contributed by atoms with E-state index in [0.717, 1.165) is 24.8 Å². The van der Waals surface area contributed by atoms with Gasteiger partial charge in [-0.05, 0) is 12.3 Å². The maximum atomic E-state index is 11.9. The molecule has 1 heterocycles. The van der Waals surface area contributed by atoms with Gasteiger partial charge in [-0.15, -0.1) is 0 Å². The van der Waals surface area contributed by atoms with Crippen molar-refractivity contribution >= 4 is 17.7 Å². The number of nitrogens with one attached hydrogen (secondary N) is 1. The van der Waals surface area contributed by atoms with Crippen LogP contribution in [0.1, 0.15) is 20.3 Å². The minimum absolute atomic E-state index is 0.0912. The van der Waals surface area contributed by atoms with Crippen molar-refractivity contribution < 1.29 is 17.9 Å². The molecule has 1 N–H and O–H groups in total. The molecule has 1 aliphatic heterocycles. The first-order valence-corrected chi connectivity index (χ1v) is 8.60. The molecule has 0 aromatic rings. The van der Waals surface area contributed by atoms with Crippen molar-refractivity contribution in [1.82, 2.24) is 10.2 Å². The Bertz CT molecular complexity index is 351. The Morgan fingerprint density at radius 2 is 2.18 bits per heavy atom. The molecule has 0 spiro atoms. The molecular weight excluding hydrogens is 315 g/mol. The first-order chi connectivity index (χ1) is 10.3. The van der Waals surface area contributed by atoms with Crippen LogP contribution in [0.2, 0.25) is 0 Å². The summed E-state index contributed by atoms with van der Waals surface area (Å²) in [5.41, 5.74) is 0. The summed E-state index contributed by atoms with van der Waals surface area (Å²) >= 11 is 1.99. The van der Waals surface area contributed by atoms with Crippen LogP contribution in [0.4, 0.5) is 13.2 Å². The Kier molecular flexibility index (Phi) is 8.38. The lowest BCUT2D eigenvalue weighted by molar-refractivity contribution is -0.173. The molecule has 0 bridgehead atoms. The van der Waals surface area contributed by atoms with E-state index in [1.165, 1.54) is 0 Å². The van der Waals surface area contributed by atoms with Crippen molar-refractivity contribution in [3.05, 3.63) is 0 Å². The SMILES string of the molecule is CN=C(NCCCOCC(F)(F)F)N1CCSC(C(C)C)C1. The summed E-state index contributed by atoms with van der Waals surface area (Å²) in [6, 6.07) is 0. The van der Waals surface area contributed by atoms with Gasteiger partial charge in [0.15, 0.2) is 5.96 Å². The van der Waals surface area contributed by atoms with Crippen molar-refractivity contribution in [3.63, 3.8) is 0 Å². The lowest BCUT2D eigenvalue weighted by Crippen LogP contribution is -2.49. The largest absolute Gasteiger partial charge is 0.411 e. The predicted octanol–water partition coefficient (Wildman–Crippen LogP) is 2.60. The highest BCUT2D eigenvalue weighted by Crippen LogP contribution is 2.24. The molecular formula is C14H26F3N3OS. The van der Waals surface area contributed by atoms with Crippen molar-refractivity contribution in [2.45, 2.75) is 31.7 Å². The number of guanidine groups is 1. The number of thioether (sulfide) groups is 1. The summed E-state index contributed by atoms with van der Waals surface area (Å²) in [5.74, 6) is 2.50. The van der Waals surface area contributed by atoms with Crippen LogP contribution in [-0.2, 0) is 4.74 Å². The Morgan fingerprint density at radius 1 is 1.45 bits per heavy atom. The molecule has 1 aliphatic rings. The number of hydrogen-bond donors (Lipinski definition) is 1. The fourth-order valence-corrected chi connectivity index (χ4v) is 3.46. The Labute approximate surface area is 134 Å². The smallest absolute Gasteiger partial charge is 0.372 e. The third-order valence-corrected chi connectivity index (χ3v) is 4.90. The minimum Gasteiger partial charge on any atom is -0.372 e. The summed E-state index contributed by atoms with van der Waals surface area (Å²) in [4.78, 5) is 6.48. The lowest BCUT2D eigenvalue weighted by Gasteiger charge is -2.36. The quantitative estimate of drug-likeness (QED) is 0.458. The van der Waals surface area contributed by atoms with Gasteiger partial charge in [-0.1, -0.05) is 13.8 Å². The number of ether oxygens (including phenoxy) is 1. The molecule has 1 fully saturated rings. The standard InChI is InChI=1S/C14H26F3N3OS/c1-11(2)12-9-20(6-8-22-12)13(18-3)19-5-4-7-21-10-14(15,16)17/h11-12H,4-10H2,1-3H3,(H,18,19). The summed E-state index contributed by atoms with van der Waals surface area (Å²) < 4.78 is 40.4. The molecule has 4 nitrogen and oxygen atoms in total. The zero-order valence-corrected chi connectivity index (χ0v) is 14.3. The number of rotatable bonds is 6. The second-order valence-electron chi connectivity index (χ2n) is 5.59. The molecule has 1 atom stereocenters. The number of hydrogen-bond acceptors (Lipinski definition) is 3. The Balaban J connectivity index is 2.25. The highest BCUT2D eigenvalue weighted by atomic mass is 32.2. The van der Waals surface area contributed by atoms with Crippen LogP contribution < -0.4 is 5.32 Å². The zero-order valence-electron chi connectivity index (χ0n) is 13.4. The van der Waals surface area contributed by atoms with E-state index in [1.807, 2.05) is 11.8 Å². The van der Waals surface area contributed by atoms with Crippen LogP contribution in [-0.4, -0.2) is 67.9 Å². The average molecular weight is 341 g/mol. The molecule has 0 amide bonds. The molecule has 130 valence electrons.